The van der Waals surface area contributed by atoms with E-state index in [1.54, 1.807) is 0 Å². The minimum atomic E-state index is -0.615. The number of nitrogens with one attached hydrogen (secondary N) is 1. The van der Waals surface area contributed by atoms with Crippen LogP contribution in [0, 0.1) is 17.2 Å². The van der Waals surface area contributed by atoms with E-state index >= 15 is 0 Å². The van der Waals surface area contributed by atoms with Crippen molar-refractivity contribution in [2.45, 2.75) is 50.5 Å². The second-order valence-electron chi connectivity index (χ2n) is 5.16. The summed E-state index contributed by atoms with van der Waals surface area (Å²) < 4.78 is 5.21. The molecule has 1 atom stereocenters. The van der Waals surface area contributed by atoms with Crippen LogP contribution in [-0.4, -0.2) is 24.7 Å². The lowest BCUT2D eigenvalue weighted by molar-refractivity contribution is -0.126. The van der Waals surface area contributed by atoms with Crippen molar-refractivity contribution in [3.05, 3.63) is 0 Å². The van der Waals surface area contributed by atoms with Crippen LogP contribution in [0.5, 0.6) is 0 Å². The Bertz CT molecular complexity index is 308. The first-order valence-corrected chi connectivity index (χ1v) is 6.57. The van der Waals surface area contributed by atoms with Crippen LogP contribution >= 0.6 is 0 Å². The molecule has 2 rings (SSSR count). The van der Waals surface area contributed by atoms with Gasteiger partial charge in [-0.15, -0.1) is 0 Å². The van der Waals surface area contributed by atoms with Gasteiger partial charge in [0.25, 0.3) is 0 Å². The molecular formula is C13H20N2O2. The second kappa shape index (κ2) is 5.50. The fourth-order valence-electron chi connectivity index (χ4n) is 2.68. The number of hydrogen-bond donors (Lipinski definition) is 1. The van der Waals surface area contributed by atoms with E-state index in [1.165, 1.54) is 12.8 Å². The molecule has 2 fully saturated rings. The summed E-state index contributed by atoms with van der Waals surface area (Å²) in [4.78, 5) is 12.0. The molecule has 4 heteroatoms. The minimum Gasteiger partial charge on any atom is -0.381 e. The van der Waals surface area contributed by atoms with Crippen LogP contribution in [0.25, 0.3) is 0 Å². The highest BCUT2D eigenvalue weighted by atomic mass is 16.5. The predicted molar refractivity (Wildman–Crippen MR) is 63.1 cm³/mol. The number of amides is 1. The van der Waals surface area contributed by atoms with Crippen molar-refractivity contribution >= 4 is 5.91 Å². The van der Waals surface area contributed by atoms with E-state index in [1.807, 2.05) is 0 Å². The van der Waals surface area contributed by atoms with Crippen molar-refractivity contribution in [2.24, 2.45) is 5.92 Å². The smallest absolute Gasteiger partial charge is 0.226 e. The van der Waals surface area contributed by atoms with Gasteiger partial charge in [0.05, 0.1) is 18.6 Å². The molecule has 1 saturated carbocycles. The maximum absolute atomic E-state index is 12.0. The zero-order valence-electron chi connectivity index (χ0n) is 10.2. The lowest BCUT2D eigenvalue weighted by Crippen LogP contribution is -2.49. The predicted octanol–water partition coefficient (Wildman–Crippen LogP) is 1.76. The van der Waals surface area contributed by atoms with E-state index in [4.69, 9.17) is 4.74 Å². The Morgan fingerprint density at radius 3 is 2.53 bits per heavy atom. The molecule has 0 bridgehead atoms. The highest BCUT2D eigenvalue weighted by Crippen LogP contribution is 2.27. The molecule has 17 heavy (non-hydrogen) atoms. The Labute approximate surface area is 102 Å². The van der Waals surface area contributed by atoms with Gasteiger partial charge in [-0.05, 0) is 19.3 Å². The molecule has 1 aliphatic heterocycles. The van der Waals surface area contributed by atoms with E-state index in [-0.39, 0.29) is 11.8 Å². The van der Waals surface area contributed by atoms with Crippen molar-refractivity contribution < 1.29 is 9.53 Å². The van der Waals surface area contributed by atoms with Crippen molar-refractivity contribution in [3.63, 3.8) is 0 Å². The molecular weight excluding hydrogens is 216 g/mol. The van der Waals surface area contributed by atoms with Gasteiger partial charge in [0.2, 0.25) is 5.91 Å². The average Bonchev–Trinajstić information content (AvgIpc) is 2.78. The van der Waals surface area contributed by atoms with E-state index in [2.05, 4.69) is 11.4 Å². The number of nitrogens with zero attached hydrogens (tertiary/aromatic N) is 1. The largest absolute Gasteiger partial charge is 0.381 e. The molecule has 0 aromatic carbocycles. The van der Waals surface area contributed by atoms with Crippen molar-refractivity contribution in [1.82, 2.24) is 5.32 Å². The Kier molecular flexibility index (Phi) is 4.01. The van der Waals surface area contributed by atoms with Gasteiger partial charge in [-0.3, -0.25) is 4.79 Å². The summed E-state index contributed by atoms with van der Waals surface area (Å²) in [5.41, 5.74) is -0.615. The van der Waals surface area contributed by atoms with E-state index < -0.39 is 5.54 Å². The molecule has 0 aromatic heterocycles. The van der Waals surface area contributed by atoms with Crippen molar-refractivity contribution in [2.75, 3.05) is 13.2 Å². The third-order valence-corrected chi connectivity index (χ3v) is 3.83. The lowest BCUT2D eigenvalue weighted by Gasteiger charge is -2.27. The first-order valence-electron chi connectivity index (χ1n) is 6.57. The molecule has 1 aliphatic carbocycles. The molecule has 4 nitrogen and oxygen atoms in total. The normalized spacial score (nSPS) is 28.1. The second-order valence-corrected chi connectivity index (χ2v) is 5.16. The summed E-state index contributed by atoms with van der Waals surface area (Å²) in [5, 5.41) is 12.3. The highest BCUT2D eigenvalue weighted by Gasteiger charge is 2.35. The highest BCUT2D eigenvalue weighted by molar-refractivity contribution is 5.80. The van der Waals surface area contributed by atoms with Crippen LogP contribution in [0.15, 0.2) is 0 Å². The topological polar surface area (TPSA) is 62.1 Å². The molecule has 0 aromatic rings. The first kappa shape index (κ1) is 12.4. The van der Waals surface area contributed by atoms with Gasteiger partial charge in [0.1, 0.15) is 5.54 Å². The number of ether oxygens (including phenoxy) is 1. The molecule has 1 amide bonds. The fraction of sp³-hybridized carbons (Fsp3) is 0.846. The molecule has 0 spiro atoms. The summed E-state index contributed by atoms with van der Waals surface area (Å²) in [5.74, 6) is -0.0468. The number of carbonyl (C=O) groups excluding carboxylic acids is 1. The molecule has 1 saturated heterocycles. The van der Waals surface area contributed by atoms with Crippen LogP contribution < -0.4 is 5.32 Å². The number of rotatable bonds is 2. The number of carbonyl (C=O) groups is 1. The summed E-state index contributed by atoms with van der Waals surface area (Å²) in [6.45, 7) is 1.17. The lowest BCUT2D eigenvalue weighted by atomic mass is 9.91. The fourth-order valence-corrected chi connectivity index (χ4v) is 2.68. The summed E-state index contributed by atoms with van der Waals surface area (Å²) in [7, 11) is 0. The minimum absolute atomic E-state index is 0.00551. The summed E-state index contributed by atoms with van der Waals surface area (Å²) in [6.07, 6.45) is 6.79. The van der Waals surface area contributed by atoms with Gasteiger partial charge in [-0.2, -0.15) is 5.26 Å². The van der Waals surface area contributed by atoms with Crippen molar-refractivity contribution in [3.8, 4) is 6.07 Å². The maximum Gasteiger partial charge on any atom is 0.226 e. The SMILES string of the molecule is N#CC1(NC(=O)C2CCOC2)CCCCCC1. The van der Waals surface area contributed by atoms with Gasteiger partial charge in [-0.25, -0.2) is 0 Å². The number of hydrogen-bond acceptors (Lipinski definition) is 3. The summed E-state index contributed by atoms with van der Waals surface area (Å²) in [6, 6.07) is 2.34. The third-order valence-electron chi connectivity index (χ3n) is 3.83. The van der Waals surface area contributed by atoms with Crippen LogP contribution in [-0.2, 0) is 9.53 Å². The van der Waals surface area contributed by atoms with E-state index in [0.29, 0.717) is 13.2 Å². The van der Waals surface area contributed by atoms with Gasteiger partial charge in [-0.1, -0.05) is 25.7 Å². The van der Waals surface area contributed by atoms with Crippen LogP contribution in [0.1, 0.15) is 44.9 Å². The molecule has 94 valence electrons. The van der Waals surface area contributed by atoms with Gasteiger partial charge in [0, 0.05) is 6.61 Å². The zero-order chi connectivity index (χ0) is 12.1. The Morgan fingerprint density at radius 1 is 1.29 bits per heavy atom. The Morgan fingerprint density at radius 2 is 2.00 bits per heavy atom. The van der Waals surface area contributed by atoms with Crippen LogP contribution in [0.3, 0.4) is 0 Å². The monoisotopic (exact) mass is 236 g/mol. The zero-order valence-corrected chi connectivity index (χ0v) is 10.2. The Hall–Kier alpha value is -1.08. The van der Waals surface area contributed by atoms with Gasteiger partial charge >= 0.3 is 0 Å². The maximum atomic E-state index is 12.0. The van der Waals surface area contributed by atoms with Gasteiger partial charge < -0.3 is 10.1 Å². The average molecular weight is 236 g/mol. The van der Waals surface area contributed by atoms with Gasteiger partial charge in [0.15, 0.2) is 0 Å². The molecule has 0 radical (unpaired) electrons. The molecule has 1 unspecified atom stereocenters. The van der Waals surface area contributed by atoms with Crippen molar-refractivity contribution in [1.29, 1.82) is 5.26 Å². The summed E-state index contributed by atoms with van der Waals surface area (Å²) >= 11 is 0. The standard InChI is InChI=1S/C13H20N2O2/c14-10-13(6-3-1-2-4-7-13)15-12(16)11-5-8-17-9-11/h11H,1-9H2,(H,15,16). The van der Waals surface area contributed by atoms with E-state index in [0.717, 1.165) is 32.1 Å². The molecule has 2 aliphatic rings. The number of nitriles is 1. The first-order chi connectivity index (χ1) is 8.26. The molecule has 1 heterocycles. The van der Waals surface area contributed by atoms with E-state index in [9.17, 15) is 10.1 Å². The third kappa shape index (κ3) is 2.98. The quantitative estimate of drug-likeness (QED) is 0.743. The van der Waals surface area contributed by atoms with Crippen LogP contribution in [0.2, 0.25) is 0 Å². The Balaban J connectivity index is 1.97. The van der Waals surface area contributed by atoms with Crippen LogP contribution in [0.4, 0.5) is 0 Å². The molecule has 1 N–H and O–H groups in total.